The summed E-state index contributed by atoms with van der Waals surface area (Å²) in [6.45, 7) is 4.16. The summed E-state index contributed by atoms with van der Waals surface area (Å²) in [7, 11) is 0. The molecule has 2 rings (SSSR count). The molecule has 5 heteroatoms. The van der Waals surface area contributed by atoms with Gasteiger partial charge in [0, 0.05) is 15.8 Å². The zero-order valence-corrected chi connectivity index (χ0v) is 12.9. The molecule has 0 radical (unpaired) electrons. The Hall–Kier alpha value is -0.610. The summed E-state index contributed by atoms with van der Waals surface area (Å²) in [6, 6.07) is 7.13. The van der Waals surface area contributed by atoms with E-state index in [0.717, 1.165) is 15.3 Å². The van der Waals surface area contributed by atoms with Crippen molar-refractivity contribution >= 4 is 34.5 Å². The topological polar surface area (TPSA) is 26.0 Å². The molecule has 1 aromatic heterocycles. The van der Waals surface area contributed by atoms with E-state index in [4.69, 9.17) is 28.9 Å². The van der Waals surface area contributed by atoms with Crippen LogP contribution in [-0.2, 0) is 0 Å². The lowest BCUT2D eigenvalue weighted by atomic mass is 10.0. The molecule has 19 heavy (non-hydrogen) atoms. The van der Waals surface area contributed by atoms with Crippen LogP contribution in [-0.4, -0.2) is 0 Å². The highest BCUT2D eigenvalue weighted by molar-refractivity contribution is 7.15. The molecule has 0 aliphatic heterocycles. The molecule has 1 unspecified atom stereocenters. The zero-order chi connectivity index (χ0) is 14.2. The first-order valence-electron chi connectivity index (χ1n) is 5.90. The van der Waals surface area contributed by atoms with Crippen molar-refractivity contribution in [2.75, 3.05) is 0 Å². The summed E-state index contributed by atoms with van der Waals surface area (Å²) in [5.41, 5.74) is 6.92. The molecule has 2 N–H and O–H groups in total. The van der Waals surface area contributed by atoms with Crippen LogP contribution in [0.15, 0.2) is 24.3 Å². The van der Waals surface area contributed by atoms with Gasteiger partial charge >= 0.3 is 0 Å². The van der Waals surface area contributed by atoms with Crippen molar-refractivity contribution in [2.24, 2.45) is 11.7 Å². The molecule has 1 aromatic carbocycles. The maximum absolute atomic E-state index is 13.4. The van der Waals surface area contributed by atoms with E-state index in [1.807, 2.05) is 12.1 Å². The molecule has 2 aromatic rings. The minimum atomic E-state index is -0.581. The van der Waals surface area contributed by atoms with Crippen molar-refractivity contribution in [3.63, 3.8) is 0 Å². The average Bonchev–Trinajstić information content (AvgIpc) is 2.83. The van der Waals surface area contributed by atoms with Crippen LogP contribution in [0.1, 0.15) is 24.8 Å². The molecule has 0 saturated heterocycles. The van der Waals surface area contributed by atoms with Gasteiger partial charge in [0.2, 0.25) is 0 Å². The van der Waals surface area contributed by atoms with Crippen LogP contribution in [0.2, 0.25) is 10.0 Å². The van der Waals surface area contributed by atoms with E-state index in [9.17, 15) is 4.39 Å². The van der Waals surface area contributed by atoms with E-state index in [2.05, 4.69) is 13.8 Å². The van der Waals surface area contributed by atoms with E-state index < -0.39 is 5.82 Å². The Morgan fingerprint density at radius 3 is 2.26 bits per heavy atom. The zero-order valence-electron chi connectivity index (χ0n) is 10.6. The first-order chi connectivity index (χ1) is 8.90. The standard InChI is InChI=1S/C14H14Cl2FNS/c1-7(2)14(18)12-4-3-11(19-12)8-5-9(15)13(17)10(16)6-8/h3-7,14H,18H2,1-2H3. The highest BCUT2D eigenvalue weighted by Crippen LogP contribution is 2.36. The molecular weight excluding hydrogens is 304 g/mol. The van der Waals surface area contributed by atoms with Crippen LogP contribution in [0.3, 0.4) is 0 Å². The monoisotopic (exact) mass is 317 g/mol. The number of rotatable bonds is 3. The summed E-state index contributed by atoms with van der Waals surface area (Å²) in [6.07, 6.45) is 0. The number of hydrogen-bond acceptors (Lipinski definition) is 2. The normalized spacial score (nSPS) is 13.0. The summed E-state index contributed by atoms with van der Waals surface area (Å²) in [5.74, 6) is -0.213. The van der Waals surface area contributed by atoms with Gasteiger partial charge in [0.1, 0.15) is 0 Å². The van der Waals surface area contributed by atoms with Crippen molar-refractivity contribution in [3.05, 3.63) is 45.0 Å². The first-order valence-corrected chi connectivity index (χ1v) is 7.47. The quantitative estimate of drug-likeness (QED) is 0.741. The number of benzene rings is 1. The van der Waals surface area contributed by atoms with Crippen molar-refractivity contribution in [2.45, 2.75) is 19.9 Å². The molecule has 0 fully saturated rings. The molecule has 102 valence electrons. The van der Waals surface area contributed by atoms with Crippen LogP contribution >= 0.6 is 34.5 Å². The lowest BCUT2D eigenvalue weighted by Gasteiger charge is -2.12. The molecular formula is C14H14Cl2FNS. The summed E-state index contributed by atoms with van der Waals surface area (Å²) < 4.78 is 13.4. The summed E-state index contributed by atoms with van der Waals surface area (Å²) in [5, 5.41) is 0.0659. The number of thiophene rings is 1. The third-order valence-electron chi connectivity index (χ3n) is 2.94. The Balaban J connectivity index is 2.38. The van der Waals surface area contributed by atoms with Gasteiger partial charge in [-0.2, -0.15) is 0 Å². The minimum Gasteiger partial charge on any atom is -0.323 e. The third kappa shape index (κ3) is 3.11. The number of hydrogen-bond donors (Lipinski definition) is 1. The van der Waals surface area contributed by atoms with Gasteiger partial charge in [0.25, 0.3) is 0 Å². The van der Waals surface area contributed by atoms with E-state index in [-0.39, 0.29) is 16.1 Å². The maximum atomic E-state index is 13.4. The molecule has 0 aliphatic rings. The lowest BCUT2D eigenvalue weighted by Crippen LogP contribution is -2.14. The Labute approximate surface area is 126 Å². The van der Waals surface area contributed by atoms with Gasteiger partial charge in [0.15, 0.2) is 5.82 Å². The highest BCUT2D eigenvalue weighted by Gasteiger charge is 2.15. The Morgan fingerprint density at radius 1 is 1.16 bits per heavy atom. The molecule has 1 nitrogen and oxygen atoms in total. The molecule has 0 bridgehead atoms. The van der Waals surface area contributed by atoms with Gasteiger partial charge in [0.05, 0.1) is 10.0 Å². The second-order valence-electron chi connectivity index (χ2n) is 4.73. The molecule has 0 saturated carbocycles. The molecule has 1 heterocycles. The van der Waals surface area contributed by atoms with Crippen molar-refractivity contribution in [3.8, 4) is 10.4 Å². The third-order valence-corrected chi connectivity index (χ3v) is 4.73. The Bertz CT molecular complexity index is 572. The predicted molar refractivity (Wildman–Crippen MR) is 81.5 cm³/mol. The summed E-state index contributed by atoms with van der Waals surface area (Å²) >= 11 is 13.2. The average molecular weight is 318 g/mol. The van der Waals surface area contributed by atoms with Crippen LogP contribution < -0.4 is 5.73 Å². The van der Waals surface area contributed by atoms with Gasteiger partial charge < -0.3 is 5.73 Å². The SMILES string of the molecule is CC(C)C(N)c1ccc(-c2cc(Cl)c(F)c(Cl)c2)s1. The minimum absolute atomic E-state index is 0.00476. The Kier molecular flexibility index (Phi) is 4.51. The van der Waals surface area contributed by atoms with E-state index in [1.54, 1.807) is 23.5 Å². The van der Waals surface area contributed by atoms with Gasteiger partial charge in [-0.15, -0.1) is 11.3 Å². The van der Waals surface area contributed by atoms with Crippen molar-refractivity contribution in [1.29, 1.82) is 0 Å². The number of halogens is 3. The molecule has 1 atom stereocenters. The second-order valence-corrected chi connectivity index (χ2v) is 6.66. The fraction of sp³-hybridized carbons (Fsp3) is 0.286. The van der Waals surface area contributed by atoms with Crippen LogP contribution in [0.25, 0.3) is 10.4 Å². The largest absolute Gasteiger partial charge is 0.323 e. The highest BCUT2D eigenvalue weighted by atomic mass is 35.5. The van der Waals surface area contributed by atoms with Gasteiger partial charge in [-0.3, -0.25) is 0 Å². The van der Waals surface area contributed by atoms with Crippen LogP contribution in [0.5, 0.6) is 0 Å². The van der Waals surface area contributed by atoms with E-state index in [0.29, 0.717) is 5.92 Å². The van der Waals surface area contributed by atoms with E-state index in [1.165, 1.54) is 0 Å². The van der Waals surface area contributed by atoms with Crippen LogP contribution in [0.4, 0.5) is 4.39 Å². The Morgan fingerprint density at radius 2 is 1.74 bits per heavy atom. The fourth-order valence-electron chi connectivity index (χ4n) is 1.71. The van der Waals surface area contributed by atoms with Gasteiger partial charge in [-0.05, 0) is 35.7 Å². The van der Waals surface area contributed by atoms with Crippen molar-refractivity contribution < 1.29 is 4.39 Å². The maximum Gasteiger partial charge on any atom is 0.160 e. The van der Waals surface area contributed by atoms with E-state index >= 15 is 0 Å². The summed E-state index contributed by atoms with van der Waals surface area (Å²) in [4.78, 5) is 2.08. The van der Waals surface area contributed by atoms with Crippen LogP contribution in [0, 0.1) is 11.7 Å². The van der Waals surface area contributed by atoms with Gasteiger partial charge in [-0.25, -0.2) is 4.39 Å². The smallest absolute Gasteiger partial charge is 0.160 e. The molecule has 0 spiro atoms. The van der Waals surface area contributed by atoms with Gasteiger partial charge in [-0.1, -0.05) is 37.0 Å². The second kappa shape index (κ2) is 5.80. The predicted octanol–water partition coefficient (Wildman–Crippen LogP) is 5.52. The molecule has 0 amide bonds. The lowest BCUT2D eigenvalue weighted by molar-refractivity contribution is 0.521. The fourth-order valence-corrected chi connectivity index (χ4v) is 3.37. The molecule has 0 aliphatic carbocycles. The first kappa shape index (κ1) is 14.8. The number of nitrogens with two attached hydrogens (primary N) is 1. The van der Waals surface area contributed by atoms with Crippen molar-refractivity contribution in [1.82, 2.24) is 0 Å².